The van der Waals surface area contributed by atoms with Gasteiger partial charge in [-0.25, -0.2) is 0 Å². The van der Waals surface area contributed by atoms with Gasteiger partial charge in [-0.15, -0.1) is 0 Å². The second kappa shape index (κ2) is 7.84. The molecule has 0 atom stereocenters. The first-order valence-corrected chi connectivity index (χ1v) is 7.61. The second-order valence-corrected chi connectivity index (χ2v) is 5.08. The first-order chi connectivity index (χ1) is 8.62. The summed E-state index contributed by atoms with van der Waals surface area (Å²) in [4.78, 5) is 4.79. The van der Waals surface area contributed by atoms with E-state index in [1.165, 1.54) is 11.3 Å². The molecule has 1 rings (SSSR count). The monoisotopic (exact) mass is 361 g/mol. The van der Waals surface area contributed by atoms with Crippen LogP contribution in [0.4, 0.5) is 11.4 Å². The molecule has 1 aromatic carbocycles. The van der Waals surface area contributed by atoms with Crippen LogP contribution in [0, 0.1) is 6.92 Å². The van der Waals surface area contributed by atoms with Crippen molar-refractivity contribution in [3.8, 4) is 0 Å². The fourth-order valence-corrected chi connectivity index (χ4v) is 2.43. The summed E-state index contributed by atoms with van der Waals surface area (Å²) in [5.41, 5.74) is 3.80. The third-order valence-corrected chi connectivity index (χ3v) is 3.99. The molecule has 0 spiro atoms. The molecule has 1 N–H and O–H groups in total. The van der Waals surface area contributed by atoms with Gasteiger partial charge in [0.2, 0.25) is 0 Å². The molecule has 3 nitrogen and oxygen atoms in total. The highest BCUT2D eigenvalue weighted by atomic mass is 127. The maximum absolute atomic E-state index is 3.15. The van der Waals surface area contributed by atoms with Crippen LogP contribution in [0.2, 0.25) is 0 Å². The van der Waals surface area contributed by atoms with Gasteiger partial charge in [0, 0.05) is 31.5 Å². The third kappa shape index (κ3) is 4.31. The Labute approximate surface area is 125 Å². The molecule has 0 radical (unpaired) electrons. The van der Waals surface area contributed by atoms with Gasteiger partial charge in [0.25, 0.3) is 0 Å². The van der Waals surface area contributed by atoms with E-state index in [2.05, 4.69) is 82.2 Å². The van der Waals surface area contributed by atoms with E-state index in [1.54, 1.807) is 0 Å². The number of nitrogens with zero attached hydrogens (tertiary/aromatic N) is 2. The number of nitrogens with one attached hydrogen (secondary N) is 1. The lowest BCUT2D eigenvalue weighted by atomic mass is 10.1. The Bertz CT molecular complexity index is 364. The Morgan fingerprint density at radius 2 is 1.83 bits per heavy atom. The van der Waals surface area contributed by atoms with Crippen LogP contribution in [-0.4, -0.2) is 38.1 Å². The molecule has 102 valence electrons. The maximum Gasteiger partial charge on any atom is 0.0560 e. The Morgan fingerprint density at radius 1 is 1.17 bits per heavy atom. The van der Waals surface area contributed by atoms with Crippen LogP contribution in [0.25, 0.3) is 0 Å². The number of aryl methyl sites for hydroxylation is 1. The maximum atomic E-state index is 3.15. The summed E-state index contributed by atoms with van der Waals surface area (Å²) >= 11 is 2.16. The summed E-state index contributed by atoms with van der Waals surface area (Å²) in [6.45, 7) is 11.0. The van der Waals surface area contributed by atoms with Crippen molar-refractivity contribution in [2.75, 3.05) is 41.7 Å². The van der Waals surface area contributed by atoms with E-state index in [-0.39, 0.29) is 0 Å². The van der Waals surface area contributed by atoms with Gasteiger partial charge in [-0.3, -0.25) is 0 Å². The number of benzene rings is 1. The van der Waals surface area contributed by atoms with Crippen molar-refractivity contribution in [3.05, 3.63) is 23.8 Å². The molecule has 0 saturated carbocycles. The topological polar surface area (TPSA) is 18.5 Å². The molecule has 0 unspecified atom stereocenters. The van der Waals surface area contributed by atoms with Crippen molar-refractivity contribution in [2.45, 2.75) is 20.8 Å². The van der Waals surface area contributed by atoms with Gasteiger partial charge in [-0.1, -0.05) is 13.8 Å². The molecule has 0 heterocycles. The highest BCUT2D eigenvalue weighted by Gasteiger charge is 2.07. The van der Waals surface area contributed by atoms with Crippen LogP contribution in [-0.2, 0) is 0 Å². The zero-order valence-electron chi connectivity index (χ0n) is 11.8. The standard InChI is InChI=1S/C14H24IN3/c1-5-18(6-2)10-9-17(4)14-8-7-13(16-15)11-12(14)3/h7-8,11,16H,5-6,9-10H2,1-4H3. The van der Waals surface area contributed by atoms with Crippen LogP contribution in [0.15, 0.2) is 18.2 Å². The summed E-state index contributed by atoms with van der Waals surface area (Å²) in [5.74, 6) is 0. The minimum atomic E-state index is 1.07. The van der Waals surface area contributed by atoms with Crippen molar-refractivity contribution in [1.29, 1.82) is 0 Å². The molecule has 0 fully saturated rings. The van der Waals surface area contributed by atoms with Crippen LogP contribution < -0.4 is 8.43 Å². The molecule has 0 bridgehead atoms. The van der Waals surface area contributed by atoms with Gasteiger partial charge >= 0.3 is 0 Å². The number of halogens is 1. The molecule has 4 heteroatoms. The number of likely N-dealkylation sites (N-methyl/N-ethyl adjacent to an activating group) is 2. The fraction of sp³-hybridized carbons (Fsp3) is 0.571. The van der Waals surface area contributed by atoms with Crippen LogP contribution in [0.1, 0.15) is 19.4 Å². The smallest absolute Gasteiger partial charge is 0.0560 e. The normalized spacial score (nSPS) is 10.8. The van der Waals surface area contributed by atoms with E-state index >= 15 is 0 Å². The summed E-state index contributed by atoms with van der Waals surface area (Å²) in [7, 11) is 2.17. The SMILES string of the molecule is CCN(CC)CCN(C)c1ccc(NI)cc1C. The lowest BCUT2D eigenvalue weighted by molar-refractivity contribution is 0.311. The molecule has 0 amide bonds. The van der Waals surface area contributed by atoms with Gasteiger partial charge in [-0.05, 0) is 43.8 Å². The Morgan fingerprint density at radius 3 is 2.33 bits per heavy atom. The number of hydrogen-bond acceptors (Lipinski definition) is 3. The fourth-order valence-electron chi connectivity index (χ4n) is 2.09. The van der Waals surface area contributed by atoms with E-state index in [0.717, 1.165) is 31.9 Å². The summed E-state index contributed by atoms with van der Waals surface area (Å²) in [6, 6.07) is 6.51. The van der Waals surface area contributed by atoms with Crippen LogP contribution >= 0.6 is 22.9 Å². The average molecular weight is 361 g/mol. The molecule has 18 heavy (non-hydrogen) atoms. The van der Waals surface area contributed by atoms with Crippen molar-refractivity contribution >= 4 is 34.2 Å². The van der Waals surface area contributed by atoms with Crippen molar-refractivity contribution in [3.63, 3.8) is 0 Å². The first-order valence-electron chi connectivity index (χ1n) is 6.53. The van der Waals surface area contributed by atoms with Crippen molar-refractivity contribution in [1.82, 2.24) is 4.90 Å². The molecule has 1 aromatic rings. The Hall–Kier alpha value is -0.490. The molecule has 0 aromatic heterocycles. The molecule has 0 aliphatic carbocycles. The minimum absolute atomic E-state index is 1.07. The molecule has 0 aliphatic heterocycles. The summed E-state index contributed by atoms with van der Waals surface area (Å²) in [5, 5.41) is 0. The quantitative estimate of drug-likeness (QED) is 0.592. The zero-order chi connectivity index (χ0) is 13.5. The van der Waals surface area contributed by atoms with E-state index < -0.39 is 0 Å². The Balaban J connectivity index is 2.63. The largest absolute Gasteiger partial charge is 0.373 e. The van der Waals surface area contributed by atoms with E-state index in [4.69, 9.17) is 0 Å². The first kappa shape index (κ1) is 15.6. The van der Waals surface area contributed by atoms with E-state index in [0.29, 0.717) is 0 Å². The third-order valence-electron chi connectivity index (χ3n) is 3.36. The van der Waals surface area contributed by atoms with E-state index in [1.807, 2.05) is 0 Å². The molecule has 0 saturated heterocycles. The van der Waals surface area contributed by atoms with Gasteiger partial charge in [0.1, 0.15) is 0 Å². The van der Waals surface area contributed by atoms with Gasteiger partial charge in [0.15, 0.2) is 0 Å². The van der Waals surface area contributed by atoms with Crippen LogP contribution in [0.5, 0.6) is 0 Å². The second-order valence-electron chi connectivity index (χ2n) is 4.54. The number of rotatable bonds is 7. The lowest BCUT2D eigenvalue weighted by Gasteiger charge is -2.26. The van der Waals surface area contributed by atoms with Gasteiger partial charge in [-0.2, -0.15) is 0 Å². The number of anilines is 2. The van der Waals surface area contributed by atoms with Crippen LogP contribution in [0.3, 0.4) is 0 Å². The summed E-state index contributed by atoms with van der Waals surface area (Å²) < 4.78 is 3.15. The van der Waals surface area contributed by atoms with E-state index in [9.17, 15) is 0 Å². The van der Waals surface area contributed by atoms with Crippen molar-refractivity contribution in [2.24, 2.45) is 0 Å². The lowest BCUT2D eigenvalue weighted by Crippen LogP contribution is -2.33. The van der Waals surface area contributed by atoms with Gasteiger partial charge in [0.05, 0.1) is 22.9 Å². The minimum Gasteiger partial charge on any atom is -0.373 e. The highest BCUT2D eigenvalue weighted by molar-refractivity contribution is 14.1. The number of hydrogen-bond donors (Lipinski definition) is 1. The highest BCUT2D eigenvalue weighted by Crippen LogP contribution is 2.23. The average Bonchev–Trinajstić information content (AvgIpc) is 2.39. The molecule has 0 aliphatic rings. The predicted octanol–water partition coefficient (Wildman–Crippen LogP) is 3.53. The molecular weight excluding hydrogens is 337 g/mol. The van der Waals surface area contributed by atoms with Gasteiger partial charge < -0.3 is 13.3 Å². The zero-order valence-corrected chi connectivity index (χ0v) is 14.0. The Kier molecular flexibility index (Phi) is 6.78. The van der Waals surface area contributed by atoms with Crippen molar-refractivity contribution < 1.29 is 0 Å². The molecular formula is C14H24IN3. The predicted molar refractivity (Wildman–Crippen MR) is 89.9 cm³/mol. The summed E-state index contributed by atoms with van der Waals surface area (Å²) in [6.07, 6.45) is 0.